The van der Waals surface area contributed by atoms with Crippen molar-refractivity contribution in [3.8, 4) is 17.4 Å². The second-order valence-electron chi connectivity index (χ2n) is 6.30. The maximum Gasteiger partial charge on any atom is 0.261 e. The lowest BCUT2D eigenvalue weighted by molar-refractivity contribution is -0.117. The number of hydrogen-bond donors (Lipinski definition) is 2. The molecule has 8 heteroatoms. The van der Waals surface area contributed by atoms with Gasteiger partial charge in [-0.1, -0.05) is 12.1 Å². The summed E-state index contributed by atoms with van der Waals surface area (Å²) in [6.45, 7) is 3.58. The normalized spacial score (nSPS) is 11.4. The topological polar surface area (TPSA) is 89.5 Å². The first-order valence-electron chi connectivity index (χ1n) is 8.90. The molecule has 1 atom stereocenters. The summed E-state index contributed by atoms with van der Waals surface area (Å²) in [4.78, 5) is 29.1. The SMILES string of the molecule is COc1cc(C)ccc1Oc1ccc(NC(=O)C(C)NC(=O)c2cccs2)cn1. The van der Waals surface area contributed by atoms with E-state index < -0.39 is 6.04 Å². The first kappa shape index (κ1) is 20.3. The molecule has 3 rings (SSSR count). The van der Waals surface area contributed by atoms with Crippen LogP contribution in [0.2, 0.25) is 0 Å². The molecule has 0 aliphatic carbocycles. The molecule has 1 unspecified atom stereocenters. The number of nitrogens with one attached hydrogen (secondary N) is 2. The van der Waals surface area contributed by atoms with Gasteiger partial charge < -0.3 is 20.1 Å². The number of aromatic nitrogens is 1. The van der Waals surface area contributed by atoms with Crippen LogP contribution < -0.4 is 20.1 Å². The average molecular weight is 411 g/mol. The summed E-state index contributed by atoms with van der Waals surface area (Å²) >= 11 is 1.32. The molecule has 7 nitrogen and oxygen atoms in total. The summed E-state index contributed by atoms with van der Waals surface area (Å²) in [6.07, 6.45) is 1.49. The van der Waals surface area contributed by atoms with Gasteiger partial charge in [0.25, 0.3) is 5.91 Å². The highest BCUT2D eigenvalue weighted by Gasteiger charge is 2.17. The Morgan fingerprint density at radius 2 is 1.97 bits per heavy atom. The van der Waals surface area contributed by atoms with Crippen molar-refractivity contribution in [2.24, 2.45) is 0 Å². The van der Waals surface area contributed by atoms with Crippen molar-refractivity contribution >= 4 is 28.8 Å². The van der Waals surface area contributed by atoms with E-state index in [4.69, 9.17) is 9.47 Å². The first-order valence-corrected chi connectivity index (χ1v) is 9.78. The highest BCUT2D eigenvalue weighted by atomic mass is 32.1. The van der Waals surface area contributed by atoms with Crippen LogP contribution >= 0.6 is 11.3 Å². The summed E-state index contributed by atoms with van der Waals surface area (Å²) in [5, 5.41) is 7.19. The number of hydrogen-bond acceptors (Lipinski definition) is 6. The lowest BCUT2D eigenvalue weighted by Gasteiger charge is -2.14. The molecule has 29 heavy (non-hydrogen) atoms. The molecule has 0 radical (unpaired) electrons. The van der Waals surface area contributed by atoms with Crippen molar-refractivity contribution in [2.45, 2.75) is 19.9 Å². The molecule has 2 amide bonds. The molecule has 3 aromatic rings. The Bertz CT molecular complexity index is 988. The number of rotatable bonds is 7. The summed E-state index contributed by atoms with van der Waals surface area (Å²) < 4.78 is 11.1. The van der Waals surface area contributed by atoms with Gasteiger partial charge in [-0.15, -0.1) is 11.3 Å². The van der Waals surface area contributed by atoms with Gasteiger partial charge in [0, 0.05) is 6.07 Å². The largest absolute Gasteiger partial charge is 0.493 e. The molecule has 0 aliphatic heterocycles. The van der Waals surface area contributed by atoms with Crippen molar-refractivity contribution in [2.75, 3.05) is 12.4 Å². The van der Waals surface area contributed by atoms with Crippen molar-refractivity contribution in [3.63, 3.8) is 0 Å². The van der Waals surface area contributed by atoms with Crippen LogP contribution in [-0.2, 0) is 4.79 Å². The second kappa shape index (κ2) is 9.20. The van der Waals surface area contributed by atoms with Crippen LogP contribution in [-0.4, -0.2) is 29.9 Å². The minimum Gasteiger partial charge on any atom is -0.493 e. The van der Waals surface area contributed by atoms with E-state index in [9.17, 15) is 9.59 Å². The van der Waals surface area contributed by atoms with Gasteiger partial charge in [0.05, 0.1) is 23.9 Å². The molecule has 0 aliphatic rings. The molecule has 0 saturated carbocycles. The van der Waals surface area contributed by atoms with Gasteiger partial charge >= 0.3 is 0 Å². The van der Waals surface area contributed by atoms with E-state index in [1.54, 1.807) is 43.7 Å². The Morgan fingerprint density at radius 3 is 2.62 bits per heavy atom. The van der Waals surface area contributed by atoms with E-state index in [0.717, 1.165) is 5.56 Å². The number of thiophene rings is 1. The van der Waals surface area contributed by atoms with E-state index in [1.807, 2.05) is 25.1 Å². The zero-order valence-electron chi connectivity index (χ0n) is 16.3. The number of aryl methyl sites for hydroxylation is 1. The number of amides is 2. The number of methoxy groups -OCH3 is 1. The van der Waals surface area contributed by atoms with Crippen LogP contribution in [0.15, 0.2) is 54.0 Å². The summed E-state index contributed by atoms with van der Waals surface area (Å²) in [7, 11) is 1.58. The molecular weight excluding hydrogens is 390 g/mol. The molecule has 2 N–H and O–H groups in total. The highest BCUT2D eigenvalue weighted by Crippen LogP contribution is 2.31. The van der Waals surface area contributed by atoms with Crippen LogP contribution in [0.5, 0.6) is 17.4 Å². The molecule has 0 bridgehead atoms. The van der Waals surface area contributed by atoms with Gasteiger partial charge in [0.1, 0.15) is 6.04 Å². The summed E-state index contributed by atoms with van der Waals surface area (Å²) in [6, 6.07) is 11.7. The van der Waals surface area contributed by atoms with E-state index in [-0.39, 0.29) is 11.8 Å². The Hall–Kier alpha value is -3.39. The Labute approximate surface area is 172 Å². The molecule has 0 fully saturated rings. The van der Waals surface area contributed by atoms with E-state index >= 15 is 0 Å². The number of benzene rings is 1. The molecule has 150 valence electrons. The van der Waals surface area contributed by atoms with Gasteiger partial charge in [-0.2, -0.15) is 0 Å². The highest BCUT2D eigenvalue weighted by molar-refractivity contribution is 7.12. The first-order chi connectivity index (χ1) is 14.0. The number of anilines is 1. The number of pyridine rings is 1. The standard InChI is InChI=1S/C21H21N3O4S/c1-13-6-8-16(17(11-13)27-3)28-19-9-7-15(12-22-19)24-20(25)14(2)23-21(26)18-5-4-10-29-18/h4-12,14H,1-3H3,(H,23,26)(H,24,25). The molecule has 2 aromatic heterocycles. The fraction of sp³-hybridized carbons (Fsp3) is 0.190. The van der Waals surface area contributed by atoms with Gasteiger partial charge in [-0.3, -0.25) is 9.59 Å². The quantitative estimate of drug-likeness (QED) is 0.613. The number of nitrogens with zero attached hydrogens (tertiary/aromatic N) is 1. The maximum atomic E-state index is 12.3. The minimum absolute atomic E-state index is 0.281. The van der Waals surface area contributed by atoms with Crippen LogP contribution in [0.4, 0.5) is 5.69 Å². The monoisotopic (exact) mass is 411 g/mol. The Balaban J connectivity index is 1.58. The van der Waals surface area contributed by atoms with Gasteiger partial charge in [0.15, 0.2) is 11.5 Å². The van der Waals surface area contributed by atoms with Crippen molar-refractivity contribution in [1.29, 1.82) is 0 Å². The summed E-state index contributed by atoms with van der Waals surface area (Å²) in [5.74, 6) is 0.901. The fourth-order valence-electron chi connectivity index (χ4n) is 2.48. The number of carbonyl (C=O) groups is 2. The molecule has 2 heterocycles. The third-order valence-corrected chi connectivity index (χ3v) is 4.89. The average Bonchev–Trinajstić information content (AvgIpc) is 3.25. The molecule has 0 saturated heterocycles. The zero-order valence-corrected chi connectivity index (χ0v) is 17.1. The van der Waals surface area contributed by atoms with Crippen LogP contribution in [0.3, 0.4) is 0 Å². The van der Waals surface area contributed by atoms with Crippen molar-refractivity contribution in [3.05, 3.63) is 64.5 Å². The lowest BCUT2D eigenvalue weighted by Crippen LogP contribution is -2.41. The van der Waals surface area contributed by atoms with E-state index in [2.05, 4.69) is 15.6 Å². The van der Waals surface area contributed by atoms with Gasteiger partial charge in [-0.25, -0.2) is 4.98 Å². The van der Waals surface area contributed by atoms with Gasteiger partial charge in [-0.05, 0) is 49.1 Å². The Kier molecular flexibility index (Phi) is 6.46. The van der Waals surface area contributed by atoms with Crippen LogP contribution in [0.1, 0.15) is 22.2 Å². The minimum atomic E-state index is -0.697. The fourth-order valence-corrected chi connectivity index (χ4v) is 3.10. The third kappa shape index (κ3) is 5.32. The molecular formula is C21H21N3O4S. The lowest BCUT2D eigenvalue weighted by atomic mass is 10.2. The summed E-state index contributed by atoms with van der Waals surface area (Å²) in [5.41, 5.74) is 1.55. The van der Waals surface area contributed by atoms with Gasteiger partial charge in [0.2, 0.25) is 11.8 Å². The second-order valence-corrected chi connectivity index (χ2v) is 7.25. The van der Waals surface area contributed by atoms with Crippen LogP contribution in [0.25, 0.3) is 0 Å². The predicted molar refractivity (Wildman–Crippen MR) is 112 cm³/mol. The smallest absolute Gasteiger partial charge is 0.261 e. The maximum absolute atomic E-state index is 12.3. The van der Waals surface area contributed by atoms with Crippen LogP contribution in [0, 0.1) is 6.92 Å². The molecule has 1 aromatic carbocycles. The number of carbonyl (C=O) groups excluding carboxylic acids is 2. The Morgan fingerprint density at radius 1 is 1.14 bits per heavy atom. The third-order valence-electron chi connectivity index (χ3n) is 4.02. The van der Waals surface area contributed by atoms with Crippen molar-refractivity contribution in [1.82, 2.24) is 10.3 Å². The van der Waals surface area contributed by atoms with E-state index in [1.165, 1.54) is 17.5 Å². The van der Waals surface area contributed by atoms with Crippen molar-refractivity contribution < 1.29 is 19.1 Å². The zero-order chi connectivity index (χ0) is 20.8. The number of ether oxygens (including phenoxy) is 2. The predicted octanol–water partition coefficient (Wildman–Crippen LogP) is 4.01. The van der Waals surface area contributed by atoms with E-state index in [0.29, 0.717) is 27.9 Å². The molecule has 0 spiro atoms.